The number of rotatable bonds is 3. The van der Waals surface area contributed by atoms with Crippen LogP contribution in [0.2, 0.25) is 0 Å². The molecule has 1 heterocycles. The van der Waals surface area contributed by atoms with E-state index >= 15 is 0 Å². The molecule has 0 unspecified atom stereocenters. The summed E-state index contributed by atoms with van der Waals surface area (Å²) in [5, 5.41) is 3.20. The summed E-state index contributed by atoms with van der Waals surface area (Å²) >= 11 is 0. The van der Waals surface area contributed by atoms with Gasteiger partial charge >= 0.3 is 0 Å². The predicted octanol–water partition coefficient (Wildman–Crippen LogP) is 0.907. The van der Waals surface area contributed by atoms with E-state index in [2.05, 4.69) is 15.3 Å². The molecule has 13 heavy (non-hydrogen) atoms. The molecular formula is C9H13N3O. The molecule has 1 aromatic heterocycles. The van der Waals surface area contributed by atoms with Crippen LogP contribution in [-0.4, -0.2) is 16.0 Å². The van der Waals surface area contributed by atoms with E-state index in [-0.39, 0.29) is 5.56 Å². The molecule has 0 radical (unpaired) electrons. The van der Waals surface area contributed by atoms with Crippen LogP contribution in [0.4, 0.5) is 5.82 Å². The van der Waals surface area contributed by atoms with E-state index in [0.29, 0.717) is 11.9 Å². The monoisotopic (exact) mass is 179 g/mol. The fraction of sp³-hybridized carbons (Fsp3) is 0.556. The van der Waals surface area contributed by atoms with Crippen LogP contribution >= 0.6 is 0 Å². The van der Waals surface area contributed by atoms with E-state index < -0.39 is 0 Å². The Morgan fingerprint density at radius 2 is 2.46 bits per heavy atom. The maximum Gasteiger partial charge on any atom is 0.252 e. The van der Waals surface area contributed by atoms with Gasteiger partial charge in [0, 0.05) is 18.5 Å². The van der Waals surface area contributed by atoms with Crippen molar-refractivity contribution in [1.82, 2.24) is 9.97 Å². The van der Waals surface area contributed by atoms with Crippen molar-refractivity contribution in [1.29, 1.82) is 0 Å². The number of anilines is 1. The molecule has 1 aliphatic carbocycles. The summed E-state index contributed by atoms with van der Waals surface area (Å²) in [6, 6.07) is 2.05. The second-order valence-corrected chi connectivity index (χ2v) is 3.35. The number of hydrogen-bond acceptors (Lipinski definition) is 3. The van der Waals surface area contributed by atoms with E-state index in [0.717, 1.165) is 12.2 Å². The van der Waals surface area contributed by atoms with Crippen molar-refractivity contribution in [3.05, 3.63) is 22.2 Å². The lowest BCUT2D eigenvalue weighted by molar-refractivity contribution is 0.914. The van der Waals surface area contributed by atoms with Gasteiger partial charge in [-0.15, -0.1) is 0 Å². The lowest BCUT2D eigenvalue weighted by atomic mass is 10.4. The Morgan fingerprint density at radius 1 is 1.69 bits per heavy atom. The Kier molecular flexibility index (Phi) is 2.04. The first-order chi connectivity index (χ1) is 6.28. The molecule has 2 N–H and O–H groups in total. The van der Waals surface area contributed by atoms with Crippen molar-refractivity contribution in [3.63, 3.8) is 0 Å². The normalized spacial score (nSPS) is 15.8. The predicted molar refractivity (Wildman–Crippen MR) is 50.9 cm³/mol. The van der Waals surface area contributed by atoms with Gasteiger partial charge in [-0.1, -0.05) is 6.92 Å². The average molecular weight is 179 g/mol. The van der Waals surface area contributed by atoms with Crippen LogP contribution in [0, 0.1) is 0 Å². The highest BCUT2D eigenvalue weighted by atomic mass is 16.1. The van der Waals surface area contributed by atoms with E-state index in [1.807, 2.05) is 6.92 Å². The number of hydrogen-bond donors (Lipinski definition) is 2. The number of aryl methyl sites for hydroxylation is 1. The molecule has 1 fully saturated rings. The molecule has 0 aliphatic heterocycles. The first-order valence-corrected chi connectivity index (χ1v) is 4.64. The molecule has 1 aliphatic rings. The van der Waals surface area contributed by atoms with Gasteiger partial charge in [0.15, 0.2) is 0 Å². The molecular weight excluding hydrogens is 166 g/mol. The van der Waals surface area contributed by atoms with Crippen molar-refractivity contribution >= 4 is 5.82 Å². The summed E-state index contributed by atoms with van der Waals surface area (Å²) < 4.78 is 0. The fourth-order valence-corrected chi connectivity index (χ4v) is 1.19. The lowest BCUT2D eigenvalue weighted by Gasteiger charge is -2.03. The largest absolute Gasteiger partial charge is 0.367 e. The maximum absolute atomic E-state index is 11.1. The Labute approximate surface area is 76.4 Å². The van der Waals surface area contributed by atoms with E-state index in [4.69, 9.17) is 0 Å². The Hall–Kier alpha value is -1.32. The minimum absolute atomic E-state index is 0.0741. The van der Waals surface area contributed by atoms with E-state index in [9.17, 15) is 4.79 Å². The van der Waals surface area contributed by atoms with Gasteiger partial charge < -0.3 is 10.3 Å². The number of H-pyrrole nitrogens is 1. The van der Waals surface area contributed by atoms with Crippen LogP contribution in [0.15, 0.2) is 10.9 Å². The summed E-state index contributed by atoms with van der Waals surface area (Å²) in [7, 11) is 0. The Morgan fingerprint density at radius 3 is 3.08 bits per heavy atom. The van der Waals surface area contributed by atoms with Gasteiger partial charge in [-0.05, 0) is 12.8 Å². The lowest BCUT2D eigenvalue weighted by Crippen LogP contribution is -2.14. The maximum atomic E-state index is 11.1. The SMILES string of the molecule is CCc1nc(NC2CC2)cc(=O)[nH]1. The first kappa shape index (κ1) is 8.29. The second kappa shape index (κ2) is 3.20. The Bertz CT molecular complexity index is 354. The molecule has 0 saturated heterocycles. The summed E-state index contributed by atoms with van der Waals surface area (Å²) in [5.74, 6) is 1.46. The van der Waals surface area contributed by atoms with Crippen molar-refractivity contribution in [3.8, 4) is 0 Å². The van der Waals surface area contributed by atoms with Gasteiger partial charge in [0.05, 0.1) is 0 Å². The Balaban J connectivity index is 2.22. The summed E-state index contributed by atoms with van der Waals surface area (Å²) in [5.41, 5.74) is -0.0741. The number of aromatic amines is 1. The molecule has 70 valence electrons. The fourth-order valence-electron chi connectivity index (χ4n) is 1.19. The van der Waals surface area contributed by atoms with Gasteiger partial charge in [-0.2, -0.15) is 0 Å². The molecule has 0 spiro atoms. The van der Waals surface area contributed by atoms with Gasteiger partial charge in [0.2, 0.25) is 0 Å². The molecule has 2 rings (SSSR count). The third-order valence-corrected chi connectivity index (χ3v) is 2.05. The quantitative estimate of drug-likeness (QED) is 0.725. The van der Waals surface area contributed by atoms with E-state index in [1.165, 1.54) is 18.9 Å². The summed E-state index contributed by atoms with van der Waals surface area (Å²) in [6.07, 6.45) is 3.14. The zero-order valence-electron chi connectivity index (χ0n) is 7.63. The smallest absolute Gasteiger partial charge is 0.252 e. The van der Waals surface area contributed by atoms with Gasteiger partial charge in [-0.25, -0.2) is 4.98 Å². The topological polar surface area (TPSA) is 57.8 Å². The van der Waals surface area contributed by atoms with Gasteiger partial charge in [0.25, 0.3) is 5.56 Å². The van der Waals surface area contributed by atoms with Crippen molar-refractivity contribution in [2.45, 2.75) is 32.2 Å². The third-order valence-electron chi connectivity index (χ3n) is 2.05. The standard InChI is InChI=1S/C9H13N3O/c1-2-7-11-8(5-9(13)12-7)10-6-3-4-6/h5-6H,2-4H2,1H3,(H2,10,11,12,13). The molecule has 0 aromatic carbocycles. The molecule has 1 aromatic rings. The highest BCUT2D eigenvalue weighted by Crippen LogP contribution is 2.22. The van der Waals surface area contributed by atoms with Crippen molar-refractivity contribution in [2.24, 2.45) is 0 Å². The molecule has 1 saturated carbocycles. The van der Waals surface area contributed by atoms with Crippen LogP contribution in [-0.2, 0) is 6.42 Å². The minimum atomic E-state index is -0.0741. The number of aromatic nitrogens is 2. The van der Waals surface area contributed by atoms with Crippen molar-refractivity contribution in [2.75, 3.05) is 5.32 Å². The van der Waals surface area contributed by atoms with Gasteiger partial charge in [-0.3, -0.25) is 4.79 Å². The second-order valence-electron chi connectivity index (χ2n) is 3.35. The number of nitrogens with zero attached hydrogens (tertiary/aromatic N) is 1. The zero-order chi connectivity index (χ0) is 9.26. The summed E-state index contributed by atoms with van der Waals surface area (Å²) in [6.45, 7) is 1.97. The molecule has 0 amide bonds. The highest BCUT2D eigenvalue weighted by Gasteiger charge is 2.21. The minimum Gasteiger partial charge on any atom is -0.367 e. The average Bonchev–Trinajstić information content (AvgIpc) is 2.87. The van der Waals surface area contributed by atoms with Gasteiger partial charge in [0.1, 0.15) is 11.6 Å². The third kappa shape index (κ3) is 2.08. The molecule has 4 heteroatoms. The summed E-state index contributed by atoms with van der Waals surface area (Å²) in [4.78, 5) is 18.1. The van der Waals surface area contributed by atoms with Crippen LogP contribution < -0.4 is 10.9 Å². The highest BCUT2D eigenvalue weighted by molar-refractivity contribution is 5.35. The van der Waals surface area contributed by atoms with Crippen LogP contribution in [0.5, 0.6) is 0 Å². The number of nitrogens with one attached hydrogen (secondary N) is 2. The van der Waals surface area contributed by atoms with Crippen LogP contribution in [0.1, 0.15) is 25.6 Å². The molecule has 4 nitrogen and oxygen atoms in total. The zero-order valence-corrected chi connectivity index (χ0v) is 7.63. The van der Waals surface area contributed by atoms with E-state index in [1.54, 1.807) is 0 Å². The first-order valence-electron chi connectivity index (χ1n) is 4.64. The van der Waals surface area contributed by atoms with Crippen LogP contribution in [0.3, 0.4) is 0 Å². The molecule has 0 bridgehead atoms. The molecule has 0 atom stereocenters. The van der Waals surface area contributed by atoms with Crippen LogP contribution in [0.25, 0.3) is 0 Å². The van der Waals surface area contributed by atoms with Crippen molar-refractivity contribution < 1.29 is 0 Å².